The number of nitrogens with one attached hydrogen (secondary N) is 2. The molecule has 3 N–H and O–H groups in total. The molecule has 128 valence electrons. The Bertz CT molecular complexity index is 517. The van der Waals surface area contributed by atoms with Crippen molar-refractivity contribution in [3.05, 3.63) is 23.8 Å². The smallest absolute Gasteiger partial charge is 0.191 e. The van der Waals surface area contributed by atoms with Gasteiger partial charge in [-0.1, -0.05) is 6.07 Å². The van der Waals surface area contributed by atoms with Crippen molar-refractivity contribution in [2.45, 2.75) is 38.5 Å². The Morgan fingerprint density at radius 1 is 1.39 bits per heavy atom. The summed E-state index contributed by atoms with van der Waals surface area (Å²) in [6.45, 7) is 6.84. The van der Waals surface area contributed by atoms with Crippen molar-refractivity contribution in [2.75, 3.05) is 25.4 Å². The van der Waals surface area contributed by atoms with Crippen LogP contribution in [0.2, 0.25) is 0 Å². The SMILES string of the molecule is CCNC(=NCc1ccc(O)c(OCC)c1)NCC1CCCS1. The van der Waals surface area contributed by atoms with E-state index in [-0.39, 0.29) is 5.75 Å². The number of rotatable bonds is 7. The molecular weight excluding hydrogens is 310 g/mol. The number of ether oxygens (including phenoxy) is 1. The van der Waals surface area contributed by atoms with Gasteiger partial charge in [0, 0.05) is 18.3 Å². The van der Waals surface area contributed by atoms with Crippen LogP contribution in [0.1, 0.15) is 32.3 Å². The minimum atomic E-state index is 0.169. The Hall–Kier alpha value is -1.56. The molecule has 0 amide bonds. The maximum Gasteiger partial charge on any atom is 0.191 e. The highest BCUT2D eigenvalue weighted by atomic mass is 32.2. The zero-order valence-electron chi connectivity index (χ0n) is 14.0. The quantitative estimate of drug-likeness (QED) is 0.527. The van der Waals surface area contributed by atoms with Gasteiger partial charge in [-0.2, -0.15) is 11.8 Å². The van der Waals surface area contributed by atoms with Crippen LogP contribution in [0.4, 0.5) is 0 Å². The lowest BCUT2D eigenvalue weighted by atomic mass is 10.2. The summed E-state index contributed by atoms with van der Waals surface area (Å²) in [5.41, 5.74) is 1.01. The summed E-state index contributed by atoms with van der Waals surface area (Å²) in [7, 11) is 0. The molecule has 0 saturated carbocycles. The van der Waals surface area contributed by atoms with Gasteiger partial charge in [-0.05, 0) is 50.1 Å². The number of thioether (sulfide) groups is 1. The second kappa shape index (κ2) is 9.55. The summed E-state index contributed by atoms with van der Waals surface area (Å²) in [5.74, 6) is 2.79. The van der Waals surface area contributed by atoms with E-state index in [1.807, 2.05) is 30.8 Å². The summed E-state index contributed by atoms with van der Waals surface area (Å²) >= 11 is 2.04. The molecule has 6 heteroatoms. The van der Waals surface area contributed by atoms with Gasteiger partial charge in [-0.3, -0.25) is 0 Å². The maximum atomic E-state index is 9.75. The first kappa shape index (κ1) is 17.8. The first-order valence-corrected chi connectivity index (χ1v) is 9.36. The van der Waals surface area contributed by atoms with Crippen LogP contribution in [0, 0.1) is 0 Å². The standard InChI is InChI=1S/C17H27N3O2S/c1-3-18-17(20-12-14-6-5-9-23-14)19-11-13-7-8-15(21)16(10-13)22-4-2/h7-8,10,14,21H,3-6,9,11-12H2,1-2H3,(H2,18,19,20). The molecule has 1 aromatic carbocycles. The molecule has 5 nitrogen and oxygen atoms in total. The van der Waals surface area contributed by atoms with Gasteiger partial charge in [0.2, 0.25) is 0 Å². The average Bonchev–Trinajstić information content (AvgIpc) is 3.06. The van der Waals surface area contributed by atoms with Crippen LogP contribution in [0.3, 0.4) is 0 Å². The first-order chi connectivity index (χ1) is 11.2. The number of benzene rings is 1. The highest BCUT2D eigenvalue weighted by Gasteiger charge is 2.15. The van der Waals surface area contributed by atoms with Crippen LogP contribution in [0.25, 0.3) is 0 Å². The van der Waals surface area contributed by atoms with Gasteiger partial charge in [-0.15, -0.1) is 0 Å². The average molecular weight is 337 g/mol. The van der Waals surface area contributed by atoms with Gasteiger partial charge in [0.05, 0.1) is 13.2 Å². The Labute approximate surface area is 142 Å². The van der Waals surface area contributed by atoms with Crippen LogP contribution in [0.15, 0.2) is 23.2 Å². The fraction of sp³-hybridized carbons (Fsp3) is 0.588. The Kier molecular flexibility index (Phi) is 7.39. The predicted octanol–water partition coefficient (Wildman–Crippen LogP) is 2.74. The van der Waals surface area contributed by atoms with E-state index in [0.29, 0.717) is 24.2 Å². The third-order valence-corrected chi connectivity index (χ3v) is 5.01. The summed E-state index contributed by atoms with van der Waals surface area (Å²) in [5, 5.41) is 17.1. The van der Waals surface area contributed by atoms with Crippen LogP contribution in [-0.4, -0.2) is 41.8 Å². The topological polar surface area (TPSA) is 65.9 Å². The molecule has 1 fully saturated rings. The lowest BCUT2D eigenvalue weighted by Gasteiger charge is -2.14. The van der Waals surface area contributed by atoms with Gasteiger partial charge in [0.15, 0.2) is 17.5 Å². The third-order valence-electron chi connectivity index (χ3n) is 3.61. The van der Waals surface area contributed by atoms with E-state index in [4.69, 9.17) is 4.74 Å². The molecule has 1 heterocycles. The largest absolute Gasteiger partial charge is 0.504 e. The molecule has 0 radical (unpaired) electrons. The first-order valence-electron chi connectivity index (χ1n) is 8.31. The summed E-state index contributed by atoms with van der Waals surface area (Å²) < 4.78 is 5.41. The zero-order chi connectivity index (χ0) is 16.5. The molecule has 1 atom stereocenters. The normalized spacial score (nSPS) is 18.0. The van der Waals surface area contributed by atoms with Crippen molar-refractivity contribution in [3.8, 4) is 11.5 Å². The van der Waals surface area contributed by atoms with Gasteiger partial charge < -0.3 is 20.5 Å². The van der Waals surface area contributed by atoms with Crippen LogP contribution in [0.5, 0.6) is 11.5 Å². The molecule has 1 aromatic rings. The van der Waals surface area contributed by atoms with Crippen molar-refractivity contribution in [2.24, 2.45) is 4.99 Å². The number of phenols is 1. The zero-order valence-corrected chi connectivity index (χ0v) is 14.8. The molecule has 0 spiro atoms. The van der Waals surface area contributed by atoms with E-state index in [1.165, 1.54) is 18.6 Å². The highest BCUT2D eigenvalue weighted by molar-refractivity contribution is 8.00. The monoisotopic (exact) mass is 337 g/mol. The van der Waals surface area contributed by atoms with Gasteiger partial charge in [-0.25, -0.2) is 4.99 Å². The van der Waals surface area contributed by atoms with Gasteiger partial charge >= 0.3 is 0 Å². The molecule has 1 aliphatic heterocycles. The van der Waals surface area contributed by atoms with E-state index >= 15 is 0 Å². The molecule has 1 aliphatic rings. The van der Waals surface area contributed by atoms with Crippen LogP contribution < -0.4 is 15.4 Å². The summed E-state index contributed by atoms with van der Waals surface area (Å²) in [4.78, 5) is 4.62. The molecule has 2 rings (SSSR count). The number of phenolic OH excluding ortho intramolecular Hbond substituents is 1. The second-order valence-corrected chi connectivity index (χ2v) is 6.85. The lowest BCUT2D eigenvalue weighted by Crippen LogP contribution is -2.40. The molecule has 1 unspecified atom stereocenters. The van der Waals surface area contributed by atoms with E-state index in [2.05, 4.69) is 22.5 Å². The summed E-state index contributed by atoms with van der Waals surface area (Å²) in [6, 6.07) is 5.38. The van der Waals surface area contributed by atoms with Crippen molar-refractivity contribution in [1.82, 2.24) is 10.6 Å². The van der Waals surface area contributed by atoms with Crippen molar-refractivity contribution in [3.63, 3.8) is 0 Å². The molecule has 1 saturated heterocycles. The number of hydrogen-bond donors (Lipinski definition) is 3. The van der Waals surface area contributed by atoms with Crippen LogP contribution in [-0.2, 0) is 6.54 Å². The van der Waals surface area contributed by atoms with E-state index in [1.54, 1.807) is 6.07 Å². The minimum Gasteiger partial charge on any atom is -0.504 e. The van der Waals surface area contributed by atoms with Gasteiger partial charge in [0.1, 0.15) is 0 Å². The molecule has 0 aromatic heterocycles. The highest BCUT2D eigenvalue weighted by Crippen LogP contribution is 2.27. The number of aliphatic imine (C=N–C) groups is 1. The van der Waals surface area contributed by atoms with Crippen LogP contribution >= 0.6 is 11.8 Å². The summed E-state index contributed by atoms with van der Waals surface area (Å²) in [6.07, 6.45) is 2.60. The Balaban J connectivity index is 1.94. The number of hydrogen-bond acceptors (Lipinski definition) is 4. The minimum absolute atomic E-state index is 0.169. The van der Waals surface area contributed by atoms with E-state index < -0.39 is 0 Å². The maximum absolute atomic E-state index is 9.75. The number of guanidine groups is 1. The number of aromatic hydroxyl groups is 1. The fourth-order valence-electron chi connectivity index (χ4n) is 2.46. The van der Waals surface area contributed by atoms with E-state index in [9.17, 15) is 5.11 Å². The van der Waals surface area contributed by atoms with E-state index in [0.717, 1.165) is 24.6 Å². The Morgan fingerprint density at radius 2 is 2.26 bits per heavy atom. The third kappa shape index (κ3) is 5.86. The van der Waals surface area contributed by atoms with Gasteiger partial charge in [0.25, 0.3) is 0 Å². The molecule has 0 bridgehead atoms. The molecule has 0 aliphatic carbocycles. The van der Waals surface area contributed by atoms with Crippen molar-refractivity contribution >= 4 is 17.7 Å². The fourth-order valence-corrected chi connectivity index (χ4v) is 3.66. The van der Waals surface area contributed by atoms with Crippen molar-refractivity contribution < 1.29 is 9.84 Å². The lowest BCUT2D eigenvalue weighted by molar-refractivity contribution is 0.318. The predicted molar refractivity (Wildman–Crippen MR) is 97.6 cm³/mol. The second-order valence-electron chi connectivity index (χ2n) is 5.45. The number of nitrogens with zero attached hydrogens (tertiary/aromatic N) is 1. The Morgan fingerprint density at radius 3 is 2.96 bits per heavy atom. The molecular formula is C17H27N3O2S. The van der Waals surface area contributed by atoms with Crippen molar-refractivity contribution in [1.29, 1.82) is 0 Å². The molecule has 23 heavy (non-hydrogen) atoms.